The van der Waals surface area contributed by atoms with Gasteiger partial charge in [-0.15, -0.1) is 0 Å². The summed E-state index contributed by atoms with van der Waals surface area (Å²) in [5.74, 6) is -0.585. The second-order valence-electron chi connectivity index (χ2n) is 4.99. The van der Waals surface area contributed by atoms with Crippen LogP contribution in [0.15, 0.2) is 27.6 Å². The van der Waals surface area contributed by atoms with Crippen molar-refractivity contribution in [3.8, 4) is 0 Å². The molecule has 2 aromatic rings. The third-order valence-corrected chi connectivity index (χ3v) is 4.79. The lowest BCUT2D eigenvalue weighted by atomic mass is 10.1. The lowest BCUT2D eigenvalue weighted by molar-refractivity contribution is 0.0524. The average molecular weight is 371 g/mol. The van der Waals surface area contributed by atoms with E-state index < -0.39 is 5.97 Å². The standard InChI is InChI=1S/C15H13BrClNO3/c1-2-21-15(20)10-7-18(8-3-4-8)13-9(14(10)19)5-6-11(16)12(13)17/h5-8H,2-4H2,1H3. The molecule has 0 spiro atoms. The molecule has 0 bridgehead atoms. The summed E-state index contributed by atoms with van der Waals surface area (Å²) in [6.45, 7) is 1.95. The zero-order valence-corrected chi connectivity index (χ0v) is 13.7. The molecule has 6 heteroatoms. The summed E-state index contributed by atoms with van der Waals surface area (Å²) < 4.78 is 7.63. The summed E-state index contributed by atoms with van der Waals surface area (Å²) in [7, 11) is 0. The molecule has 1 aliphatic rings. The fraction of sp³-hybridized carbons (Fsp3) is 0.333. The van der Waals surface area contributed by atoms with Crippen molar-refractivity contribution in [1.82, 2.24) is 4.57 Å². The van der Waals surface area contributed by atoms with Crippen molar-refractivity contribution in [1.29, 1.82) is 0 Å². The van der Waals surface area contributed by atoms with Crippen LogP contribution in [0.4, 0.5) is 0 Å². The maximum absolute atomic E-state index is 12.5. The Morgan fingerprint density at radius 3 is 2.81 bits per heavy atom. The van der Waals surface area contributed by atoms with Gasteiger partial charge in [0.15, 0.2) is 0 Å². The maximum Gasteiger partial charge on any atom is 0.343 e. The fourth-order valence-electron chi connectivity index (χ4n) is 2.38. The highest BCUT2D eigenvalue weighted by Crippen LogP contribution is 2.40. The first-order valence-electron chi connectivity index (χ1n) is 6.74. The van der Waals surface area contributed by atoms with Crippen molar-refractivity contribution in [2.45, 2.75) is 25.8 Å². The third kappa shape index (κ3) is 2.49. The van der Waals surface area contributed by atoms with E-state index in [0.717, 1.165) is 17.3 Å². The number of rotatable bonds is 3. The molecule has 1 heterocycles. The summed E-state index contributed by atoms with van der Waals surface area (Å²) in [5, 5.41) is 0.938. The number of carbonyl (C=O) groups is 1. The zero-order chi connectivity index (χ0) is 15.1. The molecule has 0 radical (unpaired) electrons. The van der Waals surface area contributed by atoms with Gasteiger partial charge in [-0.1, -0.05) is 11.6 Å². The quantitative estimate of drug-likeness (QED) is 0.769. The first-order valence-corrected chi connectivity index (χ1v) is 7.91. The third-order valence-electron chi connectivity index (χ3n) is 3.52. The smallest absolute Gasteiger partial charge is 0.343 e. The van der Waals surface area contributed by atoms with Gasteiger partial charge in [0, 0.05) is 22.1 Å². The van der Waals surface area contributed by atoms with E-state index in [-0.39, 0.29) is 23.6 Å². The summed E-state index contributed by atoms with van der Waals surface area (Å²) in [6, 6.07) is 3.70. The Labute approximate surface area is 134 Å². The Morgan fingerprint density at radius 2 is 2.19 bits per heavy atom. The van der Waals surface area contributed by atoms with Gasteiger partial charge >= 0.3 is 5.97 Å². The predicted octanol–water partition coefficient (Wildman–Crippen LogP) is 3.93. The molecule has 0 saturated heterocycles. The largest absolute Gasteiger partial charge is 0.462 e. The SMILES string of the molecule is CCOC(=O)c1cn(C2CC2)c2c(Cl)c(Br)ccc2c1=O. The van der Waals surface area contributed by atoms with Crippen molar-refractivity contribution >= 4 is 44.4 Å². The number of esters is 1. The van der Waals surface area contributed by atoms with Gasteiger partial charge < -0.3 is 9.30 Å². The molecule has 0 unspecified atom stereocenters. The topological polar surface area (TPSA) is 48.3 Å². The van der Waals surface area contributed by atoms with Crippen LogP contribution in [0.2, 0.25) is 5.02 Å². The molecule has 110 valence electrons. The second kappa shape index (κ2) is 5.46. The number of nitrogens with zero attached hydrogens (tertiary/aromatic N) is 1. The Hall–Kier alpha value is -1.33. The molecule has 0 N–H and O–H groups in total. The number of ether oxygens (including phenoxy) is 1. The van der Waals surface area contributed by atoms with Gasteiger partial charge in [0.1, 0.15) is 5.56 Å². The highest BCUT2D eigenvalue weighted by Gasteiger charge is 2.28. The molecular weight excluding hydrogens is 358 g/mol. The minimum atomic E-state index is -0.585. The molecule has 0 atom stereocenters. The van der Waals surface area contributed by atoms with Crippen molar-refractivity contribution in [2.75, 3.05) is 6.61 Å². The molecule has 1 saturated carbocycles. The lowest BCUT2D eigenvalue weighted by Gasteiger charge is -2.14. The minimum Gasteiger partial charge on any atom is -0.462 e. The van der Waals surface area contributed by atoms with Gasteiger partial charge in [0.05, 0.1) is 17.1 Å². The van der Waals surface area contributed by atoms with Crippen molar-refractivity contribution in [2.24, 2.45) is 0 Å². The van der Waals surface area contributed by atoms with Crippen LogP contribution in [-0.2, 0) is 4.74 Å². The maximum atomic E-state index is 12.5. The Morgan fingerprint density at radius 1 is 1.48 bits per heavy atom. The first-order chi connectivity index (χ1) is 10.0. The van der Waals surface area contributed by atoms with Crippen LogP contribution < -0.4 is 5.43 Å². The predicted molar refractivity (Wildman–Crippen MR) is 85.1 cm³/mol. The summed E-state index contributed by atoms with van der Waals surface area (Å²) in [5.41, 5.74) is 0.399. The van der Waals surface area contributed by atoms with Gasteiger partial charge in [-0.2, -0.15) is 0 Å². The monoisotopic (exact) mass is 369 g/mol. The number of benzene rings is 1. The van der Waals surface area contributed by atoms with Crippen LogP contribution in [-0.4, -0.2) is 17.1 Å². The highest BCUT2D eigenvalue weighted by atomic mass is 79.9. The fourth-order valence-corrected chi connectivity index (χ4v) is 2.96. The van der Waals surface area contributed by atoms with Gasteiger partial charge in [-0.25, -0.2) is 4.79 Å². The highest BCUT2D eigenvalue weighted by molar-refractivity contribution is 9.10. The van der Waals surface area contributed by atoms with Crippen LogP contribution >= 0.6 is 27.5 Å². The average Bonchev–Trinajstić information content (AvgIpc) is 3.28. The number of hydrogen-bond donors (Lipinski definition) is 0. The van der Waals surface area contributed by atoms with Crippen molar-refractivity contribution in [3.63, 3.8) is 0 Å². The number of aromatic nitrogens is 1. The minimum absolute atomic E-state index is 0.0645. The normalized spacial score (nSPS) is 14.4. The van der Waals surface area contributed by atoms with Gasteiger partial charge in [0.2, 0.25) is 5.43 Å². The van der Waals surface area contributed by atoms with E-state index in [2.05, 4.69) is 15.9 Å². The second-order valence-corrected chi connectivity index (χ2v) is 6.22. The van der Waals surface area contributed by atoms with E-state index in [1.54, 1.807) is 25.3 Å². The number of fused-ring (bicyclic) bond motifs is 1. The number of pyridine rings is 1. The Bertz CT molecular complexity index is 796. The summed E-state index contributed by atoms with van der Waals surface area (Å²) in [4.78, 5) is 24.5. The van der Waals surface area contributed by atoms with Crippen molar-refractivity contribution in [3.05, 3.63) is 43.6 Å². The Kier molecular flexibility index (Phi) is 3.80. The van der Waals surface area contributed by atoms with E-state index in [0.29, 0.717) is 15.9 Å². The molecule has 0 aliphatic heterocycles. The van der Waals surface area contributed by atoms with Crippen LogP contribution in [0.25, 0.3) is 10.9 Å². The summed E-state index contributed by atoms with van der Waals surface area (Å²) >= 11 is 9.72. The molecule has 1 aromatic carbocycles. The zero-order valence-electron chi connectivity index (χ0n) is 11.4. The van der Waals surface area contributed by atoms with Gasteiger partial charge in [-0.3, -0.25) is 4.79 Å². The van der Waals surface area contributed by atoms with E-state index in [1.165, 1.54) is 0 Å². The molecule has 3 rings (SSSR count). The van der Waals surface area contributed by atoms with Gasteiger partial charge in [-0.05, 0) is 47.8 Å². The molecule has 1 aromatic heterocycles. The van der Waals surface area contributed by atoms with Gasteiger partial charge in [0.25, 0.3) is 0 Å². The summed E-state index contributed by atoms with van der Waals surface area (Å²) in [6.07, 6.45) is 3.62. The van der Waals surface area contributed by atoms with Crippen LogP contribution in [0, 0.1) is 0 Å². The number of halogens is 2. The lowest BCUT2D eigenvalue weighted by Crippen LogP contribution is -2.21. The number of hydrogen-bond acceptors (Lipinski definition) is 3. The van der Waals surface area contributed by atoms with Crippen LogP contribution in [0.5, 0.6) is 0 Å². The Balaban J connectivity index is 2.34. The van der Waals surface area contributed by atoms with Crippen molar-refractivity contribution < 1.29 is 9.53 Å². The molecule has 1 aliphatic carbocycles. The number of carbonyl (C=O) groups excluding carboxylic acids is 1. The first kappa shape index (κ1) is 14.6. The van der Waals surface area contributed by atoms with E-state index in [4.69, 9.17) is 16.3 Å². The molecule has 1 fully saturated rings. The molecular formula is C15H13BrClNO3. The van der Waals surface area contributed by atoms with E-state index in [1.807, 2.05) is 4.57 Å². The van der Waals surface area contributed by atoms with E-state index in [9.17, 15) is 9.59 Å². The molecule has 0 amide bonds. The molecule has 21 heavy (non-hydrogen) atoms. The molecule has 4 nitrogen and oxygen atoms in total. The van der Waals surface area contributed by atoms with Crippen LogP contribution in [0.3, 0.4) is 0 Å². The van der Waals surface area contributed by atoms with E-state index >= 15 is 0 Å². The van der Waals surface area contributed by atoms with Crippen LogP contribution in [0.1, 0.15) is 36.2 Å².